The molecule has 192 valence electrons. The van der Waals surface area contributed by atoms with Crippen LogP contribution in [0.2, 0.25) is 0 Å². The van der Waals surface area contributed by atoms with Crippen LogP contribution in [0.1, 0.15) is 76.2 Å². The fraction of sp³-hybridized carbons (Fsp3) is 0.630. The number of aromatic nitrogens is 3. The lowest BCUT2D eigenvalue weighted by atomic mass is 9.86. The summed E-state index contributed by atoms with van der Waals surface area (Å²) in [5.41, 5.74) is 7.65. The van der Waals surface area contributed by atoms with Gasteiger partial charge in [-0.1, -0.05) is 40.7 Å². The number of aryl methyl sites for hydroxylation is 1. The fourth-order valence-corrected chi connectivity index (χ4v) is 5.10. The topological polar surface area (TPSA) is 109 Å². The van der Waals surface area contributed by atoms with Crippen molar-refractivity contribution in [2.24, 2.45) is 29.4 Å². The number of anilines is 4. The zero-order valence-electron chi connectivity index (χ0n) is 22.4. The van der Waals surface area contributed by atoms with E-state index in [9.17, 15) is 4.79 Å². The molecule has 0 radical (unpaired) electrons. The maximum Gasteiger partial charge on any atom is 0.248 e. The van der Waals surface area contributed by atoms with E-state index >= 15 is 0 Å². The van der Waals surface area contributed by atoms with Crippen molar-refractivity contribution in [3.05, 3.63) is 29.3 Å². The number of rotatable bonds is 11. The predicted molar refractivity (Wildman–Crippen MR) is 144 cm³/mol. The van der Waals surface area contributed by atoms with E-state index in [4.69, 9.17) is 15.7 Å². The molecule has 1 aromatic carbocycles. The third-order valence-electron chi connectivity index (χ3n) is 6.83. The zero-order valence-corrected chi connectivity index (χ0v) is 22.4. The number of hydrogen-bond acceptors (Lipinski definition) is 7. The summed E-state index contributed by atoms with van der Waals surface area (Å²) < 4.78 is 0. The fourth-order valence-electron chi connectivity index (χ4n) is 5.10. The van der Waals surface area contributed by atoms with Gasteiger partial charge in [0.15, 0.2) is 0 Å². The van der Waals surface area contributed by atoms with E-state index in [0.717, 1.165) is 48.4 Å². The molecule has 1 heterocycles. The Kier molecular flexibility index (Phi) is 8.92. The number of carbonyl (C=O) groups is 1. The number of nitrogens with zero attached hydrogens (tertiary/aromatic N) is 4. The highest BCUT2D eigenvalue weighted by atomic mass is 16.1. The first-order valence-electron chi connectivity index (χ1n) is 12.9. The van der Waals surface area contributed by atoms with Crippen molar-refractivity contribution in [3.63, 3.8) is 0 Å². The van der Waals surface area contributed by atoms with Crippen molar-refractivity contribution in [1.82, 2.24) is 15.0 Å². The minimum Gasteiger partial charge on any atom is -0.366 e. The van der Waals surface area contributed by atoms with Crippen LogP contribution >= 0.6 is 0 Å². The Bertz CT molecular complexity index is 1010. The molecule has 1 aliphatic carbocycles. The van der Waals surface area contributed by atoms with Crippen molar-refractivity contribution >= 4 is 29.4 Å². The minimum absolute atomic E-state index is 0.355. The van der Waals surface area contributed by atoms with Gasteiger partial charge in [-0.3, -0.25) is 4.79 Å². The van der Waals surface area contributed by atoms with Crippen molar-refractivity contribution in [3.8, 4) is 0 Å². The van der Waals surface area contributed by atoms with Gasteiger partial charge in [-0.05, 0) is 74.0 Å². The zero-order chi connectivity index (χ0) is 25.7. The maximum absolute atomic E-state index is 11.7. The van der Waals surface area contributed by atoms with Crippen LogP contribution in [0.25, 0.3) is 0 Å². The summed E-state index contributed by atoms with van der Waals surface area (Å²) in [5.74, 6) is 3.83. The number of nitrogens with two attached hydrogens (primary N) is 1. The first-order valence-corrected chi connectivity index (χ1v) is 12.9. The second-order valence-corrected chi connectivity index (χ2v) is 11.1. The smallest absolute Gasteiger partial charge is 0.248 e. The van der Waals surface area contributed by atoms with Crippen LogP contribution in [0.3, 0.4) is 0 Å². The van der Waals surface area contributed by atoms with Crippen molar-refractivity contribution in [2.45, 2.75) is 73.3 Å². The van der Waals surface area contributed by atoms with Crippen molar-refractivity contribution in [2.75, 3.05) is 29.1 Å². The molecule has 1 aromatic heterocycles. The van der Waals surface area contributed by atoms with E-state index in [2.05, 4.69) is 55.1 Å². The SMILES string of the molecule is Cc1ccc(C(N)=O)cc1Nc1nc(N[C@H]2CCC(C(C)CC(C)C)C2)nc(N(C)CC(C)C)n1. The second kappa shape index (κ2) is 11.7. The quantitative estimate of drug-likeness (QED) is 0.395. The number of hydrogen-bond donors (Lipinski definition) is 3. The van der Waals surface area contributed by atoms with Gasteiger partial charge < -0.3 is 21.3 Å². The number of amides is 1. The Morgan fingerprint density at radius 3 is 2.46 bits per heavy atom. The molecule has 1 fully saturated rings. The lowest BCUT2D eigenvalue weighted by molar-refractivity contribution is 0.100. The molecule has 2 aromatic rings. The van der Waals surface area contributed by atoms with Gasteiger partial charge in [0.25, 0.3) is 0 Å². The largest absolute Gasteiger partial charge is 0.366 e. The molecule has 35 heavy (non-hydrogen) atoms. The third kappa shape index (κ3) is 7.54. The Balaban J connectivity index is 1.83. The average Bonchev–Trinajstić information content (AvgIpc) is 3.22. The Labute approximate surface area is 210 Å². The van der Waals surface area contributed by atoms with E-state index in [1.165, 1.54) is 12.8 Å². The summed E-state index contributed by atoms with van der Waals surface area (Å²) in [5, 5.41) is 6.89. The molecule has 1 aliphatic rings. The normalized spacial score (nSPS) is 18.7. The first kappa shape index (κ1) is 26.7. The van der Waals surface area contributed by atoms with E-state index in [0.29, 0.717) is 35.4 Å². The van der Waals surface area contributed by atoms with Crippen LogP contribution in [-0.2, 0) is 0 Å². The van der Waals surface area contributed by atoms with Gasteiger partial charge in [-0.15, -0.1) is 0 Å². The summed E-state index contributed by atoms with van der Waals surface area (Å²) in [6.45, 7) is 14.1. The average molecular weight is 482 g/mol. The summed E-state index contributed by atoms with van der Waals surface area (Å²) >= 11 is 0. The molecular weight excluding hydrogens is 438 g/mol. The van der Waals surface area contributed by atoms with Crippen molar-refractivity contribution in [1.29, 1.82) is 0 Å². The molecular formula is C27H43N7O. The predicted octanol–water partition coefficient (Wildman–Crippen LogP) is 5.38. The van der Waals surface area contributed by atoms with Crippen molar-refractivity contribution < 1.29 is 4.79 Å². The van der Waals surface area contributed by atoms with E-state index in [1.807, 2.05) is 20.0 Å². The first-order chi connectivity index (χ1) is 16.5. The summed E-state index contributed by atoms with van der Waals surface area (Å²) in [7, 11) is 2.00. The van der Waals surface area contributed by atoms with Gasteiger partial charge in [0.1, 0.15) is 0 Å². The maximum atomic E-state index is 11.7. The van der Waals surface area contributed by atoms with Crippen LogP contribution in [0, 0.1) is 30.6 Å². The highest BCUT2D eigenvalue weighted by Crippen LogP contribution is 2.36. The van der Waals surface area contributed by atoms with Gasteiger partial charge in [0.2, 0.25) is 23.8 Å². The van der Waals surface area contributed by atoms with Crippen LogP contribution in [0.15, 0.2) is 18.2 Å². The monoisotopic (exact) mass is 481 g/mol. The number of benzene rings is 1. The van der Waals surface area contributed by atoms with Gasteiger partial charge in [-0.25, -0.2) is 0 Å². The highest BCUT2D eigenvalue weighted by molar-refractivity contribution is 5.94. The molecule has 0 saturated heterocycles. The molecule has 4 N–H and O–H groups in total. The molecule has 1 saturated carbocycles. The molecule has 2 unspecified atom stereocenters. The van der Waals surface area contributed by atoms with Gasteiger partial charge in [-0.2, -0.15) is 15.0 Å². The summed E-state index contributed by atoms with van der Waals surface area (Å²) in [4.78, 5) is 27.9. The van der Waals surface area contributed by atoms with Gasteiger partial charge in [0.05, 0.1) is 0 Å². The molecule has 8 nitrogen and oxygen atoms in total. The van der Waals surface area contributed by atoms with E-state index in [-0.39, 0.29) is 0 Å². The highest BCUT2D eigenvalue weighted by Gasteiger charge is 2.29. The molecule has 1 amide bonds. The Hall–Kier alpha value is -2.90. The molecule has 3 atom stereocenters. The lowest BCUT2D eigenvalue weighted by Crippen LogP contribution is -2.26. The second-order valence-electron chi connectivity index (χ2n) is 11.1. The van der Waals surface area contributed by atoms with Gasteiger partial charge >= 0.3 is 0 Å². The standard InChI is InChI=1S/C27H43N7O/c1-16(2)12-19(6)20-10-11-22(13-20)29-25-31-26(33-27(32-25)34(7)15-17(3)4)30-23-14-21(24(28)35)9-8-18(23)5/h8-9,14,16-17,19-20,22H,10-13,15H2,1-7H3,(H2,28,35)(H2,29,30,31,32,33)/t19?,20?,22-/m0/s1. The lowest BCUT2D eigenvalue weighted by Gasteiger charge is -2.22. The third-order valence-corrected chi connectivity index (χ3v) is 6.83. The van der Waals surface area contributed by atoms with Gasteiger partial charge in [0, 0.05) is 30.9 Å². The Morgan fingerprint density at radius 2 is 1.80 bits per heavy atom. The minimum atomic E-state index is -0.467. The van der Waals surface area contributed by atoms with Crippen LogP contribution in [-0.4, -0.2) is 40.5 Å². The summed E-state index contributed by atoms with van der Waals surface area (Å²) in [6.07, 6.45) is 4.77. The Morgan fingerprint density at radius 1 is 1.09 bits per heavy atom. The number of nitrogens with one attached hydrogen (secondary N) is 2. The number of primary amides is 1. The number of carbonyl (C=O) groups excluding carboxylic acids is 1. The molecule has 0 spiro atoms. The molecule has 3 rings (SSSR count). The van der Waals surface area contributed by atoms with Crippen LogP contribution < -0.4 is 21.3 Å². The van der Waals surface area contributed by atoms with Crippen LogP contribution in [0.5, 0.6) is 0 Å². The molecule has 0 aliphatic heterocycles. The van der Waals surface area contributed by atoms with E-state index < -0.39 is 5.91 Å². The summed E-state index contributed by atoms with van der Waals surface area (Å²) in [6, 6.07) is 5.69. The molecule has 8 heteroatoms. The van der Waals surface area contributed by atoms with E-state index in [1.54, 1.807) is 12.1 Å². The molecule has 0 bridgehead atoms. The van der Waals surface area contributed by atoms with Crippen LogP contribution in [0.4, 0.5) is 23.5 Å².